The van der Waals surface area contributed by atoms with Gasteiger partial charge in [0.25, 0.3) is 0 Å². The van der Waals surface area contributed by atoms with E-state index in [0.717, 1.165) is 23.9 Å². The van der Waals surface area contributed by atoms with Gasteiger partial charge in [0.05, 0.1) is 17.9 Å². The molecule has 0 radical (unpaired) electrons. The standard InChI is InChI=1S/C17H16F3NO4S/c18-17(19,20)11-3-1-9(2-4-11)10-5-12(7-21-6-10)25-16-15(24)14(23)13(22)8-26-16/h1-7,13-16,22-24H,8H2/t13-,14+,15-,16-/m1/s1. The molecule has 0 aliphatic carbocycles. The largest absolute Gasteiger partial charge is 0.475 e. The van der Waals surface area contributed by atoms with Crippen molar-refractivity contribution < 1.29 is 33.2 Å². The van der Waals surface area contributed by atoms with Crippen LogP contribution >= 0.6 is 11.8 Å². The number of rotatable bonds is 3. The smallest absolute Gasteiger partial charge is 0.416 e. The predicted molar refractivity (Wildman–Crippen MR) is 89.6 cm³/mol. The Hall–Kier alpha value is -1.81. The number of hydrogen-bond donors (Lipinski definition) is 3. The summed E-state index contributed by atoms with van der Waals surface area (Å²) in [5, 5.41) is 29.2. The molecule has 9 heteroatoms. The normalized spacial score (nSPS) is 26.5. The predicted octanol–water partition coefficient (Wildman–Crippen LogP) is 2.30. The molecule has 0 saturated carbocycles. The molecule has 0 amide bonds. The van der Waals surface area contributed by atoms with Crippen molar-refractivity contribution in [2.24, 2.45) is 0 Å². The molecular weight excluding hydrogens is 371 g/mol. The highest BCUT2D eigenvalue weighted by Crippen LogP contribution is 2.33. The molecule has 0 spiro atoms. The summed E-state index contributed by atoms with van der Waals surface area (Å²) in [5.74, 6) is 0.497. The maximum atomic E-state index is 12.6. The third-order valence-electron chi connectivity index (χ3n) is 3.97. The van der Waals surface area contributed by atoms with Crippen molar-refractivity contribution in [3.8, 4) is 16.9 Å². The van der Waals surface area contributed by atoms with Crippen LogP contribution in [0, 0.1) is 0 Å². The molecule has 3 rings (SSSR count). The quantitative estimate of drug-likeness (QED) is 0.750. The Kier molecular flexibility index (Phi) is 5.42. The number of benzene rings is 1. The third-order valence-corrected chi connectivity index (χ3v) is 5.20. The van der Waals surface area contributed by atoms with Gasteiger partial charge in [0.2, 0.25) is 0 Å². The highest BCUT2D eigenvalue weighted by Gasteiger charge is 2.38. The van der Waals surface area contributed by atoms with Gasteiger partial charge in [-0.1, -0.05) is 12.1 Å². The minimum absolute atomic E-state index is 0.203. The molecule has 4 atom stereocenters. The Balaban J connectivity index is 1.76. The number of aromatic nitrogens is 1. The van der Waals surface area contributed by atoms with E-state index in [-0.39, 0.29) is 5.75 Å². The van der Waals surface area contributed by atoms with E-state index < -0.39 is 35.5 Å². The van der Waals surface area contributed by atoms with E-state index in [1.807, 2.05) is 0 Å². The minimum Gasteiger partial charge on any atom is -0.475 e. The van der Waals surface area contributed by atoms with Gasteiger partial charge in [-0.3, -0.25) is 4.98 Å². The maximum absolute atomic E-state index is 12.6. The number of thioether (sulfide) groups is 1. The summed E-state index contributed by atoms with van der Waals surface area (Å²) < 4.78 is 43.6. The van der Waals surface area contributed by atoms with Crippen molar-refractivity contribution >= 4 is 11.8 Å². The zero-order chi connectivity index (χ0) is 18.9. The number of hydrogen-bond acceptors (Lipinski definition) is 6. The van der Waals surface area contributed by atoms with Crippen LogP contribution in [0.4, 0.5) is 13.2 Å². The molecule has 0 bridgehead atoms. The van der Waals surface area contributed by atoms with Crippen molar-refractivity contribution in [1.82, 2.24) is 4.98 Å². The van der Waals surface area contributed by atoms with Gasteiger partial charge in [-0.25, -0.2) is 0 Å². The zero-order valence-corrected chi connectivity index (χ0v) is 14.1. The van der Waals surface area contributed by atoms with Crippen molar-refractivity contribution in [1.29, 1.82) is 0 Å². The lowest BCUT2D eigenvalue weighted by Crippen LogP contribution is -2.50. The van der Waals surface area contributed by atoms with E-state index in [0.29, 0.717) is 16.9 Å². The fourth-order valence-corrected chi connectivity index (χ4v) is 3.63. The van der Waals surface area contributed by atoms with Gasteiger partial charge in [-0.2, -0.15) is 13.2 Å². The first-order valence-corrected chi connectivity index (χ1v) is 8.76. The number of halogens is 3. The Bertz CT molecular complexity index is 756. The van der Waals surface area contributed by atoms with E-state index >= 15 is 0 Å². The Morgan fingerprint density at radius 2 is 1.69 bits per heavy atom. The SMILES string of the molecule is O[C@@H]1[C@@H](O)[C@H](Oc2cncc(-c3ccc(C(F)(F)F)cc3)c2)SC[C@H]1O. The second-order valence-electron chi connectivity index (χ2n) is 5.85. The van der Waals surface area contributed by atoms with Crippen LogP contribution in [0.25, 0.3) is 11.1 Å². The van der Waals surface area contributed by atoms with E-state index in [1.54, 1.807) is 6.07 Å². The van der Waals surface area contributed by atoms with Crippen LogP contribution in [0.15, 0.2) is 42.7 Å². The Labute approximate surface area is 151 Å². The minimum atomic E-state index is -4.40. The summed E-state index contributed by atoms with van der Waals surface area (Å²) in [6.07, 6.45) is -5.14. The molecule has 1 fully saturated rings. The van der Waals surface area contributed by atoms with Crippen molar-refractivity contribution in [2.75, 3.05) is 5.75 Å². The van der Waals surface area contributed by atoms with Crippen LogP contribution in [0.2, 0.25) is 0 Å². The molecular formula is C17H16F3NO4S. The van der Waals surface area contributed by atoms with E-state index in [2.05, 4.69) is 4.98 Å². The summed E-state index contributed by atoms with van der Waals surface area (Å²) in [6, 6.07) is 6.24. The highest BCUT2D eigenvalue weighted by molar-refractivity contribution is 7.99. The van der Waals surface area contributed by atoms with Gasteiger partial charge in [0.15, 0.2) is 5.44 Å². The van der Waals surface area contributed by atoms with Crippen LogP contribution in [0.3, 0.4) is 0 Å². The molecule has 26 heavy (non-hydrogen) atoms. The van der Waals surface area contributed by atoms with Gasteiger partial charge >= 0.3 is 6.18 Å². The average Bonchev–Trinajstić information content (AvgIpc) is 2.62. The lowest BCUT2D eigenvalue weighted by atomic mass is 10.1. The number of alkyl halides is 3. The number of aliphatic hydroxyl groups excluding tert-OH is 3. The first-order chi connectivity index (χ1) is 12.3. The van der Waals surface area contributed by atoms with Crippen LogP contribution in [0.5, 0.6) is 5.75 Å². The number of pyridine rings is 1. The molecule has 1 aromatic heterocycles. The van der Waals surface area contributed by atoms with Crippen molar-refractivity contribution in [3.05, 3.63) is 48.3 Å². The second kappa shape index (κ2) is 7.43. The van der Waals surface area contributed by atoms with Gasteiger partial charge < -0.3 is 20.1 Å². The molecule has 2 heterocycles. The van der Waals surface area contributed by atoms with Crippen LogP contribution in [-0.2, 0) is 6.18 Å². The molecule has 1 aromatic carbocycles. The van der Waals surface area contributed by atoms with Gasteiger partial charge in [-0.05, 0) is 23.8 Å². The zero-order valence-electron chi connectivity index (χ0n) is 13.3. The van der Waals surface area contributed by atoms with E-state index in [1.165, 1.54) is 24.5 Å². The fourth-order valence-electron chi connectivity index (χ4n) is 2.51. The molecule has 5 nitrogen and oxygen atoms in total. The lowest BCUT2D eigenvalue weighted by molar-refractivity contribution is -0.137. The number of nitrogens with zero attached hydrogens (tertiary/aromatic N) is 1. The summed E-state index contributed by atoms with van der Waals surface area (Å²) >= 11 is 1.15. The summed E-state index contributed by atoms with van der Waals surface area (Å²) in [4.78, 5) is 4.01. The molecule has 140 valence electrons. The summed E-state index contributed by atoms with van der Waals surface area (Å²) in [6.45, 7) is 0. The molecule has 0 unspecified atom stereocenters. The van der Waals surface area contributed by atoms with E-state index in [4.69, 9.17) is 4.74 Å². The van der Waals surface area contributed by atoms with E-state index in [9.17, 15) is 28.5 Å². The van der Waals surface area contributed by atoms with Crippen LogP contribution in [0.1, 0.15) is 5.56 Å². The Morgan fingerprint density at radius 1 is 1.00 bits per heavy atom. The second-order valence-corrected chi connectivity index (χ2v) is 6.98. The maximum Gasteiger partial charge on any atom is 0.416 e. The highest BCUT2D eigenvalue weighted by atomic mass is 32.2. The lowest BCUT2D eigenvalue weighted by Gasteiger charge is -2.34. The van der Waals surface area contributed by atoms with Crippen LogP contribution < -0.4 is 4.74 Å². The summed E-state index contributed by atoms with van der Waals surface area (Å²) in [7, 11) is 0. The first-order valence-electron chi connectivity index (χ1n) is 7.71. The summed E-state index contributed by atoms with van der Waals surface area (Å²) in [5.41, 5.74) is -0.454. The topological polar surface area (TPSA) is 82.8 Å². The van der Waals surface area contributed by atoms with Gasteiger partial charge in [0.1, 0.15) is 18.0 Å². The average molecular weight is 387 g/mol. The molecule has 1 aliphatic rings. The monoisotopic (exact) mass is 387 g/mol. The molecule has 3 N–H and O–H groups in total. The third kappa shape index (κ3) is 4.12. The van der Waals surface area contributed by atoms with Crippen molar-refractivity contribution in [2.45, 2.75) is 29.9 Å². The van der Waals surface area contributed by atoms with Gasteiger partial charge in [0, 0.05) is 17.5 Å². The molecule has 2 aromatic rings. The Morgan fingerprint density at radius 3 is 2.35 bits per heavy atom. The first kappa shape index (κ1) is 19.0. The van der Waals surface area contributed by atoms with Crippen LogP contribution in [-0.4, -0.2) is 49.8 Å². The number of ether oxygens (including phenoxy) is 1. The molecule has 1 saturated heterocycles. The number of aliphatic hydroxyl groups is 3. The van der Waals surface area contributed by atoms with Gasteiger partial charge in [-0.15, -0.1) is 11.8 Å². The fraction of sp³-hybridized carbons (Fsp3) is 0.353. The van der Waals surface area contributed by atoms with Crippen molar-refractivity contribution in [3.63, 3.8) is 0 Å². The molecule has 1 aliphatic heterocycles.